The molecule has 0 atom stereocenters. The molecule has 2 rings (SSSR count). The number of nitrogens with zero attached hydrogens (tertiary/aromatic N) is 1. The van der Waals surface area contributed by atoms with Gasteiger partial charge < -0.3 is 0 Å². The maximum atomic E-state index is 11.3. The van der Waals surface area contributed by atoms with E-state index in [2.05, 4.69) is 30.8 Å². The van der Waals surface area contributed by atoms with Crippen molar-refractivity contribution < 1.29 is 4.79 Å². The van der Waals surface area contributed by atoms with E-state index < -0.39 is 0 Å². The third kappa shape index (κ3) is 2.79. The fourth-order valence-corrected chi connectivity index (χ4v) is 2.09. The maximum absolute atomic E-state index is 11.3. The first kappa shape index (κ1) is 13.2. The normalized spacial score (nSPS) is 10.2. The van der Waals surface area contributed by atoms with Crippen LogP contribution in [0.25, 0.3) is 11.1 Å². The van der Waals surface area contributed by atoms with Crippen molar-refractivity contribution in [3.8, 4) is 11.1 Å². The van der Waals surface area contributed by atoms with E-state index in [0.717, 1.165) is 28.8 Å². The Hall–Kier alpha value is -2.22. The van der Waals surface area contributed by atoms with Crippen LogP contribution in [0.4, 0.5) is 5.69 Å². The molecular formula is C17H17NO. The molecule has 0 bridgehead atoms. The predicted octanol–water partition coefficient (Wildman–Crippen LogP) is 4.45. The van der Waals surface area contributed by atoms with Crippen molar-refractivity contribution in [1.82, 2.24) is 0 Å². The lowest BCUT2D eigenvalue weighted by Gasteiger charge is -2.07. The van der Waals surface area contributed by atoms with Gasteiger partial charge >= 0.3 is 0 Å². The Kier molecular flexibility index (Phi) is 3.91. The van der Waals surface area contributed by atoms with Crippen molar-refractivity contribution in [3.05, 3.63) is 53.6 Å². The Morgan fingerprint density at radius 1 is 1.11 bits per heavy atom. The van der Waals surface area contributed by atoms with Gasteiger partial charge in [0, 0.05) is 5.56 Å². The summed E-state index contributed by atoms with van der Waals surface area (Å²) in [5, 5.41) is 0. The Labute approximate surface area is 113 Å². The summed E-state index contributed by atoms with van der Waals surface area (Å²) >= 11 is 0. The Balaban J connectivity index is 2.41. The summed E-state index contributed by atoms with van der Waals surface area (Å²) in [6, 6.07) is 13.8. The monoisotopic (exact) mass is 251 g/mol. The Morgan fingerprint density at radius 3 is 2.26 bits per heavy atom. The quantitative estimate of drug-likeness (QED) is 0.583. The number of hydrogen-bond acceptors (Lipinski definition) is 2. The minimum Gasteiger partial charge on any atom is -0.295 e. The van der Waals surface area contributed by atoms with Crippen LogP contribution < -0.4 is 0 Å². The molecule has 0 heterocycles. The zero-order chi connectivity index (χ0) is 13.8. The molecule has 96 valence electrons. The van der Waals surface area contributed by atoms with Crippen molar-refractivity contribution in [2.45, 2.75) is 20.3 Å². The minimum absolute atomic E-state index is 0.0846. The van der Waals surface area contributed by atoms with Gasteiger partial charge in [-0.1, -0.05) is 43.3 Å². The second kappa shape index (κ2) is 5.61. The largest absolute Gasteiger partial charge is 0.295 e. The first-order chi connectivity index (χ1) is 9.15. The highest BCUT2D eigenvalue weighted by Crippen LogP contribution is 2.28. The summed E-state index contributed by atoms with van der Waals surface area (Å²) in [7, 11) is 0. The molecule has 0 spiro atoms. The average molecular weight is 251 g/mol. The van der Waals surface area contributed by atoms with E-state index in [4.69, 9.17) is 0 Å². The highest BCUT2D eigenvalue weighted by Gasteiger charge is 2.04. The third-order valence-electron chi connectivity index (χ3n) is 3.26. The van der Waals surface area contributed by atoms with E-state index in [0.29, 0.717) is 0 Å². The number of hydrogen-bond donors (Lipinski definition) is 0. The summed E-state index contributed by atoms with van der Waals surface area (Å²) in [5.41, 5.74) is 5.03. The van der Waals surface area contributed by atoms with Crippen LogP contribution in [-0.2, 0) is 6.42 Å². The van der Waals surface area contributed by atoms with Gasteiger partial charge in [-0.3, -0.25) is 9.79 Å². The number of benzene rings is 2. The van der Waals surface area contributed by atoms with Crippen molar-refractivity contribution >= 4 is 18.2 Å². The molecule has 0 fully saturated rings. The molecule has 0 radical (unpaired) electrons. The van der Waals surface area contributed by atoms with Crippen LogP contribution in [0.15, 0.2) is 47.5 Å². The fourth-order valence-electron chi connectivity index (χ4n) is 2.09. The second-order valence-corrected chi connectivity index (χ2v) is 4.49. The van der Waals surface area contributed by atoms with Crippen LogP contribution in [0.3, 0.4) is 0 Å². The SMILES string of the molecule is C=Nc1cc(-c2ccc(C(C)=O)cc2)ccc1CC. The van der Waals surface area contributed by atoms with Gasteiger partial charge in [0.05, 0.1) is 5.69 Å². The molecule has 0 saturated heterocycles. The van der Waals surface area contributed by atoms with Gasteiger partial charge in [0.2, 0.25) is 0 Å². The van der Waals surface area contributed by atoms with Crippen LogP contribution in [0.1, 0.15) is 29.8 Å². The van der Waals surface area contributed by atoms with E-state index in [-0.39, 0.29) is 5.78 Å². The number of Topliss-reactive ketones (excluding diaryl/α,β-unsaturated/α-hetero) is 1. The van der Waals surface area contributed by atoms with Crippen molar-refractivity contribution in [2.75, 3.05) is 0 Å². The van der Waals surface area contributed by atoms with E-state index in [1.54, 1.807) is 6.92 Å². The molecule has 2 nitrogen and oxygen atoms in total. The van der Waals surface area contributed by atoms with Gasteiger partial charge in [-0.15, -0.1) is 0 Å². The van der Waals surface area contributed by atoms with Crippen molar-refractivity contribution in [2.24, 2.45) is 4.99 Å². The summed E-state index contributed by atoms with van der Waals surface area (Å²) in [6.45, 7) is 7.29. The topological polar surface area (TPSA) is 29.4 Å². The lowest BCUT2D eigenvalue weighted by molar-refractivity contribution is 0.101. The van der Waals surface area contributed by atoms with Gasteiger partial charge in [0.25, 0.3) is 0 Å². The molecule has 0 aliphatic heterocycles. The molecule has 2 heteroatoms. The minimum atomic E-state index is 0.0846. The molecule has 0 unspecified atom stereocenters. The van der Waals surface area contributed by atoms with Gasteiger partial charge in [0.15, 0.2) is 5.78 Å². The number of rotatable bonds is 4. The van der Waals surface area contributed by atoms with Crippen LogP contribution in [0.2, 0.25) is 0 Å². The van der Waals surface area contributed by atoms with E-state index in [1.165, 1.54) is 5.56 Å². The summed E-state index contributed by atoms with van der Waals surface area (Å²) in [4.78, 5) is 15.3. The average Bonchev–Trinajstić information content (AvgIpc) is 2.46. The fraction of sp³-hybridized carbons (Fsp3) is 0.176. The molecule has 0 saturated carbocycles. The molecule has 0 aromatic heterocycles. The van der Waals surface area contributed by atoms with Crippen molar-refractivity contribution in [3.63, 3.8) is 0 Å². The number of carbonyl (C=O) groups is 1. The number of ketones is 1. The van der Waals surface area contributed by atoms with Gasteiger partial charge in [0.1, 0.15) is 0 Å². The zero-order valence-corrected chi connectivity index (χ0v) is 11.3. The summed E-state index contributed by atoms with van der Waals surface area (Å²) in [6.07, 6.45) is 0.942. The lowest BCUT2D eigenvalue weighted by Crippen LogP contribution is -1.91. The van der Waals surface area contributed by atoms with E-state index in [1.807, 2.05) is 30.3 Å². The molecule has 19 heavy (non-hydrogen) atoms. The lowest BCUT2D eigenvalue weighted by atomic mass is 10.00. The number of carbonyl (C=O) groups excluding carboxylic acids is 1. The Bertz CT molecular complexity index is 612. The number of aliphatic imine (C=N–C) groups is 1. The highest BCUT2D eigenvalue weighted by atomic mass is 16.1. The maximum Gasteiger partial charge on any atom is 0.159 e. The van der Waals surface area contributed by atoms with E-state index in [9.17, 15) is 4.79 Å². The molecule has 2 aromatic rings. The van der Waals surface area contributed by atoms with Crippen LogP contribution in [-0.4, -0.2) is 12.5 Å². The van der Waals surface area contributed by atoms with Gasteiger partial charge in [-0.05, 0) is 42.8 Å². The van der Waals surface area contributed by atoms with Crippen molar-refractivity contribution in [1.29, 1.82) is 0 Å². The van der Waals surface area contributed by atoms with E-state index >= 15 is 0 Å². The highest BCUT2D eigenvalue weighted by molar-refractivity contribution is 5.94. The third-order valence-corrected chi connectivity index (χ3v) is 3.26. The first-order valence-electron chi connectivity index (χ1n) is 6.36. The molecule has 0 amide bonds. The smallest absolute Gasteiger partial charge is 0.159 e. The molecule has 0 aliphatic carbocycles. The van der Waals surface area contributed by atoms with Gasteiger partial charge in [-0.2, -0.15) is 0 Å². The summed E-state index contributed by atoms with van der Waals surface area (Å²) in [5.74, 6) is 0.0846. The van der Waals surface area contributed by atoms with Crippen LogP contribution in [0.5, 0.6) is 0 Å². The first-order valence-corrected chi connectivity index (χ1v) is 6.36. The standard InChI is InChI=1S/C17H17NO/c1-4-13-5-10-16(11-17(13)18-3)15-8-6-14(7-9-15)12(2)19/h5-11H,3-4H2,1-2H3. The zero-order valence-electron chi connectivity index (χ0n) is 11.3. The summed E-state index contributed by atoms with van der Waals surface area (Å²) < 4.78 is 0. The predicted molar refractivity (Wildman–Crippen MR) is 80.5 cm³/mol. The Morgan fingerprint density at radius 2 is 1.74 bits per heavy atom. The van der Waals surface area contributed by atoms with Crippen LogP contribution in [0, 0.1) is 0 Å². The molecular weight excluding hydrogens is 234 g/mol. The second-order valence-electron chi connectivity index (χ2n) is 4.49. The molecule has 2 aromatic carbocycles. The number of aryl methyl sites for hydroxylation is 1. The molecule has 0 aliphatic rings. The van der Waals surface area contributed by atoms with Gasteiger partial charge in [-0.25, -0.2) is 0 Å². The molecule has 0 N–H and O–H groups in total. The van der Waals surface area contributed by atoms with Crippen LogP contribution >= 0.6 is 0 Å².